The van der Waals surface area contributed by atoms with E-state index in [9.17, 15) is 0 Å². The molecule has 1 fully saturated rings. The van der Waals surface area contributed by atoms with Crippen molar-refractivity contribution in [1.29, 1.82) is 0 Å². The van der Waals surface area contributed by atoms with Crippen LogP contribution in [0.25, 0.3) is 0 Å². The molecule has 0 radical (unpaired) electrons. The van der Waals surface area contributed by atoms with E-state index in [0.29, 0.717) is 29.7 Å². The van der Waals surface area contributed by atoms with Gasteiger partial charge in [0.1, 0.15) is 0 Å². The fourth-order valence-electron chi connectivity index (χ4n) is 2.95. The van der Waals surface area contributed by atoms with Gasteiger partial charge in [0.05, 0.1) is 26.9 Å². The van der Waals surface area contributed by atoms with Crippen molar-refractivity contribution in [2.24, 2.45) is 0 Å². The van der Waals surface area contributed by atoms with Crippen LogP contribution in [0.4, 0.5) is 11.4 Å². The van der Waals surface area contributed by atoms with E-state index in [1.165, 1.54) is 5.69 Å². The van der Waals surface area contributed by atoms with Gasteiger partial charge in [-0.1, -0.05) is 11.6 Å². The number of morpholine rings is 1. The number of nitrogens with one attached hydrogen (secondary N) is 1. The Morgan fingerprint density at radius 1 is 1.12 bits per heavy atom. The van der Waals surface area contributed by atoms with Crippen LogP contribution < -0.4 is 19.7 Å². The van der Waals surface area contributed by atoms with E-state index in [0.717, 1.165) is 37.6 Å². The van der Waals surface area contributed by atoms with Gasteiger partial charge in [-0.25, -0.2) is 0 Å². The van der Waals surface area contributed by atoms with Crippen molar-refractivity contribution in [2.75, 3.05) is 50.2 Å². The van der Waals surface area contributed by atoms with Crippen molar-refractivity contribution >= 4 is 23.0 Å². The second kappa shape index (κ2) is 9.01. The first-order valence-electron chi connectivity index (χ1n) is 8.87. The Morgan fingerprint density at radius 2 is 1.85 bits per heavy atom. The molecule has 140 valence electrons. The smallest absolute Gasteiger partial charge is 0.162 e. The predicted octanol–water partition coefficient (Wildman–Crippen LogP) is 4.20. The molecule has 3 rings (SSSR count). The summed E-state index contributed by atoms with van der Waals surface area (Å²) in [5.74, 6) is 1.36. The molecule has 0 atom stereocenters. The number of hydrogen-bond acceptors (Lipinski definition) is 5. The second-order valence-electron chi connectivity index (χ2n) is 6.03. The minimum absolute atomic E-state index is 0.569. The lowest BCUT2D eigenvalue weighted by atomic mass is 10.2. The average Bonchev–Trinajstić information content (AvgIpc) is 2.69. The molecule has 1 aliphatic heterocycles. The molecule has 0 aromatic heterocycles. The summed E-state index contributed by atoms with van der Waals surface area (Å²) < 4.78 is 16.4. The highest BCUT2D eigenvalue weighted by Crippen LogP contribution is 2.33. The second-order valence-corrected chi connectivity index (χ2v) is 6.43. The lowest BCUT2D eigenvalue weighted by molar-refractivity contribution is 0.122. The molecule has 0 bridgehead atoms. The summed E-state index contributed by atoms with van der Waals surface area (Å²) in [6.07, 6.45) is 0. The first kappa shape index (κ1) is 18.7. The van der Waals surface area contributed by atoms with Gasteiger partial charge in [0, 0.05) is 42.1 Å². The van der Waals surface area contributed by atoms with Crippen LogP contribution in [0, 0.1) is 0 Å². The number of benzene rings is 2. The van der Waals surface area contributed by atoms with Gasteiger partial charge in [0.15, 0.2) is 11.5 Å². The lowest BCUT2D eigenvalue weighted by Crippen LogP contribution is -2.36. The van der Waals surface area contributed by atoms with E-state index < -0.39 is 0 Å². The average molecular weight is 377 g/mol. The third-order valence-corrected chi connectivity index (χ3v) is 4.71. The fourth-order valence-corrected chi connectivity index (χ4v) is 3.17. The summed E-state index contributed by atoms with van der Waals surface area (Å²) in [5.41, 5.74) is 3.23. The number of hydrogen-bond donors (Lipinski definition) is 1. The molecule has 0 saturated carbocycles. The van der Waals surface area contributed by atoms with E-state index in [2.05, 4.69) is 34.5 Å². The normalized spacial score (nSPS) is 14.2. The lowest BCUT2D eigenvalue weighted by Gasteiger charge is -2.29. The molecule has 1 heterocycles. The largest absolute Gasteiger partial charge is 0.493 e. The van der Waals surface area contributed by atoms with Crippen LogP contribution in [0.2, 0.25) is 5.02 Å². The van der Waals surface area contributed by atoms with Gasteiger partial charge in [0.2, 0.25) is 0 Å². The van der Waals surface area contributed by atoms with Gasteiger partial charge in [-0.05, 0) is 42.8 Å². The monoisotopic (exact) mass is 376 g/mol. The van der Waals surface area contributed by atoms with Gasteiger partial charge in [0.25, 0.3) is 0 Å². The molecule has 1 N–H and O–H groups in total. The number of ether oxygens (including phenoxy) is 3. The topological polar surface area (TPSA) is 43.0 Å². The van der Waals surface area contributed by atoms with Gasteiger partial charge >= 0.3 is 0 Å². The van der Waals surface area contributed by atoms with Crippen molar-refractivity contribution in [1.82, 2.24) is 0 Å². The Hall–Kier alpha value is -2.11. The highest BCUT2D eigenvalue weighted by Gasteiger charge is 2.12. The number of methoxy groups -OCH3 is 1. The number of nitrogens with zero attached hydrogens (tertiary/aromatic N) is 1. The van der Waals surface area contributed by atoms with Crippen molar-refractivity contribution < 1.29 is 14.2 Å². The maximum atomic E-state index is 6.39. The van der Waals surface area contributed by atoms with Gasteiger partial charge in [-0.15, -0.1) is 0 Å². The van der Waals surface area contributed by atoms with Crippen LogP contribution in [0.5, 0.6) is 11.5 Å². The molecule has 0 spiro atoms. The minimum atomic E-state index is 0.569. The van der Waals surface area contributed by atoms with E-state index in [4.69, 9.17) is 25.8 Å². The standard InChI is InChI=1S/C20H25ClN2O3/c1-3-26-20-13-18(21)15(12-19(20)24-2)14-22-16-4-6-17(7-5-16)23-8-10-25-11-9-23/h4-7,12-13,22H,3,8-11,14H2,1-2H3. The number of rotatable bonds is 7. The van der Waals surface area contributed by atoms with Crippen molar-refractivity contribution in [3.8, 4) is 11.5 Å². The first-order chi connectivity index (χ1) is 12.7. The SMILES string of the molecule is CCOc1cc(Cl)c(CNc2ccc(N3CCOCC3)cc2)cc1OC. The van der Waals surface area contributed by atoms with Gasteiger partial charge in [-0.2, -0.15) is 0 Å². The van der Waals surface area contributed by atoms with Gasteiger partial charge < -0.3 is 24.4 Å². The molecule has 26 heavy (non-hydrogen) atoms. The summed E-state index contributed by atoms with van der Waals surface area (Å²) in [7, 11) is 1.63. The maximum absolute atomic E-state index is 6.39. The molecule has 0 amide bonds. The van der Waals surface area contributed by atoms with Crippen LogP contribution in [-0.4, -0.2) is 40.0 Å². The molecule has 2 aromatic carbocycles. The Kier molecular flexibility index (Phi) is 6.47. The zero-order chi connectivity index (χ0) is 18.4. The van der Waals surface area contributed by atoms with Crippen molar-refractivity contribution in [2.45, 2.75) is 13.5 Å². The molecule has 0 aliphatic carbocycles. The summed E-state index contributed by atoms with van der Waals surface area (Å²) in [4.78, 5) is 2.33. The highest BCUT2D eigenvalue weighted by atomic mass is 35.5. The summed E-state index contributed by atoms with van der Waals surface area (Å²) in [6, 6.07) is 12.2. The number of halogens is 1. The predicted molar refractivity (Wildman–Crippen MR) is 106 cm³/mol. The zero-order valence-electron chi connectivity index (χ0n) is 15.3. The van der Waals surface area contributed by atoms with E-state index >= 15 is 0 Å². The molecule has 1 aliphatic rings. The van der Waals surface area contributed by atoms with Crippen molar-refractivity contribution in [3.63, 3.8) is 0 Å². The van der Waals surface area contributed by atoms with Crippen molar-refractivity contribution in [3.05, 3.63) is 47.0 Å². The fraction of sp³-hybridized carbons (Fsp3) is 0.400. The van der Waals surface area contributed by atoms with Crippen LogP contribution in [0.1, 0.15) is 12.5 Å². The summed E-state index contributed by atoms with van der Waals surface area (Å²) in [5, 5.41) is 4.07. The molecule has 2 aromatic rings. The van der Waals surface area contributed by atoms with Crippen LogP contribution in [0.3, 0.4) is 0 Å². The molecule has 6 heteroatoms. The quantitative estimate of drug-likeness (QED) is 0.784. The molecule has 5 nitrogen and oxygen atoms in total. The Bertz CT molecular complexity index is 716. The van der Waals surface area contributed by atoms with Gasteiger partial charge in [-0.3, -0.25) is 0 Å². The van der Waals surface area contributed by atoms with Crippen LogP contribution in [0.15, 0.2) is 36.4 Å². The molecule has 1 saturated heterocycles. The van der Waals surface area contributed by atoms with E-state index in [1.807, 2.05) is 19.1 Å². The zero-order valence-corrected chi connectivity index (χ0v) is 16.0. The minimum Gasteiger partial charge on any atom is -0.493 e. The van der Waals surface area contributed by atoms with Crippen LogP contribution >= 0.6 is 11.6 Å². The summed E-state index contributed by atoms with van der Waals surface area (Å²) >= 11 is 6.39. The van der Waals surface area contributed by atoms with E-state index in [1.54, 1.807) is 7.11 Å². The third kappa shape index (κ3) is 4.54. The molecule has 0 unspecified atom stereocenters. The summed E-state index contributed by atoms with van der Waals surface area (Å²) in [6.45, 7) is 6.57. The molecular formula is C20H25ClN2O3. The van der Waals surface area contributed by atoms with Crippen LogP contribution in [-0.2, 0) is 11.3 Å². The number of anilines is 2. The first-order valence-corrected chi connectivity index (χ1v) is 9.25. The Balaban J connectivity index is 1.65. The maximum Gasteiger partial charge on any atom is 0.162 e. The molecular weight excluding hydrogens is 352 g/mol. The van der Waals surface area contributed by atoms with E-state index in [-0.39, 0.29) is 0 Å². The highest BCUT2D eigenvalue weighted by molar-refractivity contribution is 6.31. The third-order valence-electron chi connectivity index (χ3n) is 4.36. The Labute approximate surface area is 159 Å². The Morgan fingerprint density at radius 3 is 2.50 bits per heavy atom.